The molecule has 0 saturated carbocycles. The van der Waals surface area contributed by atoms with Gasteiger partial charge in [-0.15, -0.1) is 0 Å². The first kappa shape index (κ1) is 19.2. The van der Waals surface area contributed by atoms with E-state index in [1.54, 1.807) is 13.8 Å². The molecule has 0 aliphatic carbocycles. The van der Waals surface area contributed by atoms with Crippen molar-refractivity contribution in [3.05, 3.63) is 0 Å². The molecule has 0 aromatic rings. The maximum absolute atomic E-state index is 10.8. The summed E-state index contributed by atoms with van der Waals surface area (Å²) in [5.74, 6) is -2.17. The highest BCUT2D eigenvalue weighted by Gasteiger charge is 2.16. The Morgan fingerprint density at radius 3 is 1.39 bits per heavy atom. The second-order valence-corrected chi connectivity index (χ2v) is 2.43. The fraction of sp³-hybridized carbons (Fsp3) is 0.750. The zero-order chi connectivity index (χ0) is 14.4. The first-order valence-electron chi connectivity index (χ1n) is 4.99. The van der Waals surface area contributed by atoms with Crippen LogP contribution in [0.3, 0.4) is 0 Å². The third-order valence-corrected chi connectivity index (χ3v) is 1.12. The van der Waals surface area contributed by atoms with Crippen LogP contribution in [-0.4, -0.2) is 61.1 Å². The van der Waals surface area contributed by atoms with Gasteiger partial charge in [0.25, 0.3) is 0 Å². The van der Waals surface area contributed by atoms with Crippen LogP contribution in [-0.2, 0) is 28.5 Å². The van der Waals surface area contributed by atoms with E-state index in [1.807, 2.05) is 0 Å². The molecule has 3 N–H and O–H groups in total. The van der Waals surface area contributed by atoms with Gasteiger partial charge >= 0.3 is 19.3 Å². The summed E-state index contributed by atoms with van der Waals surface area (Å²) in [4.78, 5) is 21.6. The number of hydrogen-bond acceptors (Lipinski definition) is 9. The maximum Gasteiger partial charge on any atom is 0.631 e. The van der Waals surface area contributed by atoms with E-state index in [0.29, 0.717) is 13.2 Å². The van der Waals surface area contributed by atoms with Crippen LogP contribution in [0.25, 0.3) is 0 Å². The van der Waals surface area contributed by atoms with E-state index in [0.717, 1.165) is 0 Å². The van der Waals surface area contributed by atoms with Gasteiger partial charge < -0.3 is 34.0 Å². The summed E-state index contributed by atoms with van der Waals surface area (Å²) in [5, 5.41) is 21.5. The zero-order valence-corrected chi connectivity index (χ0v) is 10.2. The van der Waals surface area contributed by atoms with Crippen molar-refractivity contribution in [2.45, 2.75) is 13.8 Å². The van der Waals surface area contributed by atoms with Crippen molar-refractivity contribution >= 4 is 19.3 Å². The standard InChI is InChI=1S/C8H14O6.BH3O3/c1-3-11-5-13-7(9)8(10)14-6-12-4-2;2-1(3)4/h3-6H2,1-2H3;2-4H. The van der Waals surface area contributed by atoms with Crippen LogP contribution in [0.1, 0.15) is 13.8 Å². The minimum absolute atomic E-state index is 0.251. The minimum Gasteiger partial charge on any atom is -0.430 e. The number of esters is 2. The summed E-state index contributed by atoms with van der Waals surface area (Å²) >= 11 is 0. The fourth-order valence-electron chi connectivity index (χ4n) is 0.475. The third kappa shape index (κ3) is 17.2. The quantitative estimate of drug-likeness (QED) is 0.164. The topological polar surface area (TPSA) is 132 Å². The molecule has 0 aliphatic heterocycles. The minimum atomic E-state index is -2.17. The normalized spacial score (nSPS) is 8.94. The summed E-state index contributed by atoms with van der Waals surface area (Å²) < 4.78 is 18.2. The van der Waals surface area contributed by atoms with Gasteiger partial charge in [-0.3, -0.25) is 0 Å². The molecule has 9 nitrogen and oxygen atoms in total. The molecular weight excluding hydrogens is 251 g/mol. The number of carbonyl (C=O) groups is 2. The van der Waals surface area contributed by atoms with E-state index in [9.17, 15) is 9.59 Å². The van der Waals surface area contributed by atoms with Crippen LogP contribution in [0.4, 0.5) is 0 Å². The highest BCUT2D eigenvalue weighted by Crippen LogP contribution is 1.86. The van der Waals surface area contributed by atoms with Crippen molar-refractivity contribution in [3.63, 3.8) is 0 Å². The van der Waals surface area contributed by atoms with Crippen LogP contribution in [0.2, 0.25) is 0 Å². The van der Waals surface area contributed by atoms with Crippen molar-refractivity contribution < 1.29 is 43.6 Å². The lowest BCUT2D eigenvalue weighted by Gasteiger charge is -2.04. The highest BCUT2D eigenvalue weighted by molar-refractivity contribution is 6.30. The average Bonchev–Trinajstić information content (AvgIpc) is 2.28. The smallest absolute Gasteiger partial charge is 0.430 e. The van der Waals surface area contributed by atoms with E-state index in [-0.39, 0.29) is 13.6 Å². The van der Waals surface area contributed by atoms with Crippen molar-refractivity contribution in [1.82, 2.24) is 0 Å². The summed E-state index contributed by atoms with van der Waals surface area (Å²) in [6.45, 7) is 3.78. The molecule has 0 aromatic carbocycles. The Kier molecular flexibility index (Phi) is 14.8. The number of hydrogen-bond donors (Lipinski definition) is 3. The van der Waals surface area contributed by atoms with Gasteiger partial charge in [0.1, 0.15) is 0 Å². The van der Waals surface area contributed by atoms with Crippen LogP contribution < -0.4 is 0 Å². The largest absolute Gasteiger partial charge is 0.631 e. The van der Waals surface area contributed by atoms with Gasteiger partial charge in [-0.2, -0.15) is 0 Å². The summed E-state index contributed by atoms with van der Waals surface area (Å²) in [6, 6.07) is 0. The molecule has 0 unspecified atom stereocenters. The molecule has 0 radical (unpaired) electrons. The Bertz CT molecular complexity index is 198. The maximum atomic E-state index is 10.8. The summed E-state index contributed by atoms with van der Waals surface area (Å²) in [6.07, 6.45) is 0. The molecule has 0 atom stereocenters. The molecule has 10 heteroatoms. The molecule has 0 aromatic heterocycles. The number of ether oxygens (including phenoxy) is 4. The molecule has 0 heterocycles. The molecular formula is C8H17BO9. The first-order chi connectivity index (χ1) is 8.45. The monoisotopic (exact) mass is 268 g/mol. The lowest BCUT2D eigenvalue weighted by atomic mass is 10.3. The first-order valence-corrected chi connectivity index (χ1v) is 4.99. The van der Waals surface area contributed by atoms with Crippen LogP contribution in [0.15, 0.2) is 0 Å². The second kappa shape index (κ2) is 13.9. The molecule has 0 spiro atoms. The molecule has 18 heavy (non-hydrogen) atoms. The van der Waals surface area contributed by atoms with Crippen molar-refractivity contribution in [2.75, 3.05) is 26.8 Å². The summed E-state index contributed by atoms with van der Waals surface area (Å²) in [5.41, 5.74) is 0. The lowest BCUT2D eigenvalue weighted by Crippen LogP contribution is -2.22. The van der Waals surface area contributed by atoms with Crippen molar-refractivity contribution in [1.29, 1.82) is 0 Å². The average molecular weight is 268 g/mol. The van der Waals surface area contributed by atoms with Crippen LogP contribution in [0.5, 0.6) is 0 Å². The molecule has 106 valence electrons. The highest BCUT2D eigenvalue weighted by atomic mass is 16.7. The van der Waals surface area contributed by atoms with Crippen molar-refractivity contribution in [3.8, 4) is 0 Å². The van der Waals surface area contributed by atoms with Crippen molar-refractivity contribution in [2.24, 2.45) is 0 Å². The Hall–Kier alpha value is -1.20. The van der Waals surface area contributed by atoms with E-state index >= 15 is 0 Å². The molecule has 0 rings (SSSR count). The molecule has 0 amide bonds. The fourth-order valence-corrected chi connectivity index (χ4v) is 0.475. The van der Waals surface area contributed by atoms with E-state index in [1.165, 1.54) is 0 Å². The van der Waals surface area contributed by atoms with Gasteiger partial charge in [0.05, 0.1) is 0 Å². The number of rotatable bonds is 6. The van der Waals surface area contributed by atoms with Gasteiger partial charge in [-0.25, -0.2) is 9.59 Å². The Morgan fingerprint density at radius 1 is 0.889 bits per heavy atom. The lowest BCUT2D eigenvalue weighted by molar-refractivity contribution is -0.181. The predicted octanol–water partition coefficient (Wildman–Crippen LogP) is -1.99. The van der Waals surface area contributed by atoms with Gasteiger partial charge in [-0.1, -0.05) is 0 Å². The second-order valence-electron chi connectivity index (χ2n) is 2.43. The van der Waals surface area contributed by atoms with Gasteiger partial charge in [0, 0.05) is 13.2 Å². The Balaban J connectivity index is 0. The predicted molar refractivity (Wildman–Crippen MR) is 57.6 cm³/mol. The number of carbonyl (C=O) groups excluding carboxylic acids is 2. The molecule has 0 aliphatic rings. The SMILES string of the molecule is CCOCOC(=O)C(=O)OCOCC.OB(O)O. The van der Waals surface area contributed by atoms with Crippen LogP contribution in [0, 0.1) is 0 Å². The van der Waals surface area contributed by atoms with E-state index in [4.69, 9.17) is 24.5 Å². The molecule has 0 saturated heterocycles. The third-order valence-electron chi connectivity index (χ3n) is 1.12. The summed E-state index contributed by atoms with van der Waals surface area (Å²) in [7, 11) is -2.17. The van der Waals surface area contributed by atoms with Gasteiger partial charge in [0.15, 0.2) is 13.6 Å². The van der Waals surface area contributed by atoms with Crippen LogP contribution >= 0.6 is 0 Å². The van der Waals surface area contributed by atoms with Gasteiger partial charge in [-0.05, 0) is 13.8 Å². The molecule has 0 fully saturated rings. The van der Waals surface area contributed by atoms with E-state index < -0.39 is 19.3 Å². The Morgan fingerprint density at radius 2 is 1.17 bits per heavy atom. The molecule has 0 bridgehead atoms. The van der Waals surface area contributed by atoms with Gasteiger partial charge in [0.2, 0.25) is 0 Å². The zero-order valence-electron chi connectivity index (χ0n) is 10.2. The van der Waals surface area contributed by atoms with E-state index in [2.05, 4.69) is 9.47 Å². The Labute approximate surface area is 104 Å².